The summed E-state index contributed by atoms with van der Waals surface area (Å²) in [5, 5.41) is 8.22. The average molecular weight is 457 g/mol. The zero-order chi connectivity index (χ0) is 18.9. The highest BCUT2D eigenvalue weighted by molar-refractivity contribution is 9.10. The molecule has 0 fully saturated rings. The second-order valence-corrected chi connectivity index (χ2v) is 6.88. The molecule has 0 saturated carbocycles. The highest BCUT2D eigenvalue weighted by atomic mass is 79.9. The lowest BCUT2D eigenvalue weighted by Crippen LogP contribution is -2.31. The first kappa shape index (κ1) is 20.5. The van der Waals surface area contributed by atoms with E-state index in [9.17, 15) is 0 Å². The standard InChI is InChI=1S/C18H19BrClN3O2S/c1-3-21-18(26)23-22-10-13-8-15(19)17(16(9-13)24-2)25-11-12-4-6-14(20)7-5-12/h4-10H,3,11H2,1-2H3,(H2,21,23,26)/b22-10-. The van der Waals surface area contributed by atoms with Gasteiger partial charge in [-0.1, -0.05) is 23.7 Å². The van der Waals surface area contributed by atoms with E-state index >= 15 is 0 Å². The number of benzene rings is 2. The largest absolute Gasteiger partial charge is 0.493 e. The van der Waals surface area contributed by atoms with Gasteiger partial charge in [-0.05, 0) is 70.5 Å². The molecule has 0 aliphatic rings. The molecule has 5 nitrogen and oxygen atoms in total. The van der Waals surface area contributed by atoms with Crippen LogP contribution >= 0.6 is 39.7 Å². The third kappa shape index (κ3) is 6.16. The lowest BCUT2D eigenvalue weighted by Gasteiger charge is -2.13. The molecule has 26 heavy (non-hydrogen) atoms. The van der Waals surface area contributed by atoms with Gasteiger partial charge in [0.15, 0.2) is 16.6 Å². The molecule has 138 valence electrons. The molecule has 0 saturated heterocycles. The third-order valence-electron chi connectivity index (χ3n) is 3.27. The molecule has 8 heteroatoms. The number of hydrazone groups is 1. The maximum Gasteiger partial charge on any atom is 0.186 e. The SMILES string of the molecule is CCNC(=S)N/N=C\c1cc(Br)c(OCc2ccc(Cl)cc2)c(OC)c1. The summed E-state index contributed by atoms with van der Waals surface area (Å²) in [6.45, 7) is 3.10. The van der Waals surface area contributed by atoms with Gasteiger partial charge < -0.3 is 14.8 Å². The second kappa shape index (κ2) is 10.4. The summed E-state index contributed by atoms with van der Waals surface area (Å²) in [7, 11) is 1.59. The van der Waals surface area contributed by atoms with Gasteiger partial charge in [-0.3, -0.25) is 5.43 Å². The van der Waals surface area contributed by atoms with Crippen molar-refractivity contribution in [1.29, 1.82) is 0 Å². The Balaban J connectivity index is 2.09. The lowest BCUT2D eigenvalue weighted by molar-refractivity contribution is 0.282. The van der Waals surface area contributed by atoms with Crippen molar-refractivity contribution < 1.29 is 9.47 Å². The van der Waals surface area contributed by atoms with E-state index in [1.807, 2.05) is 43.3 Å². The molecule has 0 atom stereocenters. The van der Waals surface area contributed by atoms with E-state index in [1.54, 1.807) is 13.3 Å². The van der Waals surface area contributed by atoms with Crippen LogP contribution in [0.4, 0.5) is 0 Å². The fraction of sp³-hybridized carbons (Fsp3) is 0.222. The van der Waals surface area contributed by atoms with Crippen molar-refractivity contribution in [1.82, 2.24) is 10.7 Å². The van der Waals surface area contributed by atoms with Crippen LogP contribution in [0.2, 0.25) is 5.02 Å². The monoisotopic (exact) mass is 455 g/mol. The number of rotatable bonds is 7. The van der Waals surface area contributed by atoms with E-state index < -0.39 is 0 Å². The molecule has 0 unspecified atom stereocenters. The van der Waals surface area contributed by atoms with Gasteiger partial charge >= 0.3 is 0 Å². The van der Waals surface area contributed by atoms with Crippen LogP contribution in [0.25, 0.3) is 0 Å². The minimum absolute atomic E-state index is 0.401. The van der Waals surface area contributed by atoms with Gasteiger partial charge in [0, 0.05) is 11.6 Å². The molecule has 0 amide bonds. The molecule has 2 aromatic carbocycles. The molecule has 0 spiro atoms. The van der Waals surface area contributed by atoms with Gasteiger partial charge in [0.25, 0.3) is 0 Å². The highest BCUT2D eigenvalue weighted by Crippen LogP contribution is 2.36. The molecular formula is C18H19BrClN3O2S. The zero-order valence-corrected chi connectivity index (χ0v) is 17.5. The molecule has 2 N–H and O–H groups in total. The first-order chi connectivity index (χ1) is 12.5. The van der Waals surface area contributed by atoms with Crippen LogP contribution in [0.15, 0.2) is 46.0 Å². The Hall–Kier alpha value is -1.83. The van der Waals surface area contributed by atoms with Gasteiger partial charge in [0.2, 0.25) is 0 Å². The van der Waals surface area contributed by atoms with Crippen molar-refractivity contribution in [2.24, 2.45) is 5.10 Å². The predicted molar refractivity (Wildman–Crippen MR) is 113 cm³/mol. The first-order valence-corrected chi connectivity index (χ1v) is 9.43. The summed E-state index contributed by atoms with van der Waals surface area (Å²) >= 11 is 14.5. The fourth-order valence-electron chi connectivity index (χ4n) is 2.06. The lowest BCUT2D eigenvalue weighted by atomic mass is 10.2. The van der Waals surface area contributed by atoms with Crippen molar-refractivity contribution in [3.05, 3.63) is 57.0 Å². The molecule has 0 bridgehead atoms. The second-order valence-electron chi connectivity index (χ2n) is 5.18. The van der Waals surface area contributed by atoms with E-state index in [0.717, 1.165) is 22.1 Å². The van der Waals surface area contributed by atoms with Crippen molar-refractivity contribution >= 4 is 51.1 Å². The van der Waals surface area contributed by atoms with Gasteiger partial charge in [-0.2, -0.15) is 5.10 Å². The van der Waals surface area contributed by atoms with Crippen molar-refractivity contribution in [3.63, 3.8) is 0 Å². The van der Waals surface area contributed by atoms with Crippen molar-refractivity contribution in [2.75, 3.05) is 13.7 Å². The molecule has 0 aromatic heterocycles. The van der Waals surface area contributed by atoms with E-state index in [2.05, 4.69) is 31.8 Å². The maximum atomic E-state index is 5.91. The van der Waals surface area contributed by atoms with Gasteiger partial charge in [0.05, 0.1) is 17.8 Å². The third-order valence-corrected chi connectivity index (χ3v) is 4.34. The molecular weight excluding hydrogens is 438 g/mol. The van der Waals surface area contributed by atoms with Crippen molar-refractivity contribution in [2.45, 2.75) is 13.5 Å². The van der Waals surface area contributed by atoms with Crippen molar-refractivity contribution in [3.8, 4) is 11.5 Å². The number of ether oxygens (including phenoxy) is 2. The summed E-state index contributed by atoms with van der Waals surface area (Å²) in [5.41, 5.74) is 4.59. The Kier molecular flexibility index (Phi) is 8.15. The number of nitrogens with one attached hydrogen (secondary N) is 2. The molecule has 0 aliphatic carbocycles. The molecule has 2 rings (SSSR count). The smallest absolute Gasteiger partial charge is 0.186 e. The van der Waals surface area contributed by atoms with E-state index in [1.165, 1.54) is 0 Å². The Morgan fingerprint density at radius 3 is 2.69 bits per heavy atom. The van der Waals surface area contributed by atoms with Crippen LogP contribution in [0.1, 0.15) is 18.1 Å². The Labute approximate surface area is 171 Å². The quantitative estimate of drug-likeness (QED) is 0.365. The fourth-order valence-corrected chi connectivity index (χ4v) is 2.95. The van der Waals surface area contributed by atoms with E-state index in [4.69, 9.17) is 33.3 Å². The Morgan fingerprint density at radius 2 is 2.04 bits per heavy atom. The summed E-state index contributed by atoms with van der Waals surface area (Å²) in [6.07, 6.45) is 1.65. The minimum atomic E-state index is 0.401. The van der Waals surface area contributed by atoms with Crippen LogP contribution in [-0.4, -0.2) is 25.0 Å². The normalized spacial score (nSPS) is 10.6. The first-order valence-electron chi connectivity index (χ1n) is 7.85. The van der Waals surface area contributed by atoms with Crippen LogP contribution in [0.3, 0.4) is 0 Å². The number of thiocarbonyl (C=S) groups is 1. The van der Waals surface area contributed by atoms with Crippen LogP contribution in [0, 0.1) is 0 Å². The molecule has 2 aromatic rings. The number of hydrogen-bond acceptors (Lipinski definition) is 4. The average Bonchev–Trinajstić information content (AvgIpc) is 2.62. The summed E-state index contributed by atoms with van der Waals surface area (Å²) < 4.78 is 12.1. The van der Waals surface area contributed by atoms with Gasteiger partial charge in [-0.15, -0.1) is 0 Å². The highest BCUT2D eigenvalue weighted by Gasteiger charge is 2.11. The van der Waals surface area contributed by atoms with Crippen LogP contribution in [0.5, 0.6) is 11.5 Å². The number of methoxy groups -OCH3 is 1. The van der Waals surface area contributed by atoms with E-state index in [0.29, 0.717) is 28.2 Å². The topological polar surface area (TPSA) is 54.9 Å². The van der Waals surface area contributed by atoms with Crippen LogP contribution < -0.4 is 20.2 Å². The molecule has 0 heterocycles. The van der Waals surface area contributed by atoms with E-state index in [-0.39, 0.29) is 0 Å². The minimum Gasteiger partial charge on any atom is -0.493 e. The Morgan fingerprint density at radius 1 is 1.31 bits per heavy atom. The summed E-state index contributed by atoms with van der Waals surface area (Å²) in [6, 6.07) is 11.2. The maximum absolute atomic E-state index is 5.91. The zero-order valence-electron chi connectivity index (χ0n) is 14.4. The number of nitrogens with zero attached hydrogens (tertiary/aromatic N) is 1. The predicted octanol–water partition coefficient (Wildman–Crippen LogP) is 4.51. The number of hydrogen-bond donors (Lipinski definition) is 2. The van der Waals surface area contributed by atoms with Crippen LogP contribution in [-0.2, 0) is 6.61 Å². The Bertz CT molecular complexity index is 785. The molecule has 0 aliphatic heterocycles. The summed E-state index contributed by atoms with van der Waals surface area (Å²) in [4.78, 5) is 0. The van der Waals surface area contributed by atoms with Gasteiger partial charge in [-0.25, -0.2) is 0 Å². The summed E-state index contributed by atoms with van der Waals surface area (Å²) in [5.74, 6) is 1.22. The van der Waals surface area contributed by atoms with Gasteiger partial charge in [0.1, 0.15) is 6.61 Å². The number of halogens is 2. The molecule has 0 radical (unpaired) electrons.